The summed E-state index contributed by atoms with van der Waals surface area (Å²) in [5, 5.41) is 12.6. The summed E-state index contributed by atoms with van der Waals surface area (Å²) in [5.74, 6) is 1.34. The number of hydrogen-bond acceptors (Lipinski definition) is 3. The lowest BCUT2D eigenvalue weighted by atomic mass is 10.1. The summed E-state index contributed by atoms with van der Waals surface area (Å²) < 4.78 is 2.02. The van der Waals surface area contributed by atoms with Gasteiger partial charge in [0.25, 0.3) is 0 Å². The molecule has 0 saturated heterocycles. The number of rotatable bonds is 4. The molecule has 0 fully saturated rings. The van der Waals surface area contributed by atoms with Crippen LogP contribution >= 0.6 is 0 Å². The molecular formula is C15H15N3O. The number of pyridine rings is 1. The van der Waals surface area contributed by atoms with Gasteiger partial charge in [0.15, 0.2) is 0 Å². The minimum Gasteiger partial charge on any atom is -0.508 e. The number of nitrogens with one attached hydrogen (secondary N) is 1. The Kier molecular flexibility index (Phi) is 3.06. The number of nitrogens with zero attached hydrogens (tertiary/aromatic N) is 2. The summed E-state index contributed by atoms with van der Waals surface area (Å²) >= 11 is 0. The zero-order chi connectivity index (χ0) is 13.1. The van der Waals surface area contributed by atoms with Crippen LogP contribution in [0.15, 0.2) is 54.9 Å². The molecule has 96 valence electrons. The molecule has 3 aromatic rings. The van der Waals surface area contributed by atoms with E-state index in [0.717, 1.165) is 24.4 Å². The Balaban J connectivity index is 1.66. The van der Waals surface area contributed by atoms with Crippen molar-refractivity contribution in [2.75, 3.05) is 11.9 Å². The van der Waals surface area contributed by atoms with Crippen LogP contribution in [0.25, 0.3) is 5.65 Å². The molecule has 1 aromatic carbocycles. The van der Waals surface area contributed by atoms with Crippen LogP contribution in [0.1, 0.15) is 5.56 Å². The molecule has 0 unspecified atom stereocenters. The maximum absolute atomic E-state index is 9.23. The Morgan fingerprint density at radius 1 is 1.11 bits per heavy atom. The molecule has 0 aliphatic heterocycles. The first-order chi connectivity index (χ1) is 9.33. The average Bonchev–Trinajstić information content (AvgIpc) is 2.90. The maximum Gasteiger partial charge on any atom is 0.138 e. The molecule has 0 atom stereocenters. The normalized spacial score (nSPS) is 10.7. The third-order valence-corrected chi connectivity index (χ3v) is 3.08. The number of phenols is 1. The van der Waals surface area contributed by atoms with Gasteiger partial charge in [-0.05, 0) is 36.2 Å². The summed E-state index contributed by atoms with van der Waals surface area (Å²) in [6.45, 7) is 0.835. The predicted octanol–water partition coefficient (Wildman–Crippen LogP) is 2.69. The van der Waals surface area contributed by atoms with Gasteiger partial charge < -0.3 is 10.4 Å². The largest absolute Gasteiger partial charge is 0.508 e. The molecule has 0 amide bonds. The fourth-order valence-electron chi connectivity index (χ4n) is 2.09. The third kappa shape index (κ3) is 2.52. The van der Waals surface area contributed by atoms with Crippen LogP contribution in [0.2, 0.25) is 0 Å². The fraction of sp³-hybridized carbons (Fsp3) is 0.133. The number of imidazole rings is 1. The van der Waals surface area contributed by atoms with Gasteiger partial charge >= 0.3 is 0 Å². The third-order valence-electron chi connectivity index (χ3n) is 3.08. The second-order valence-electron chi connectivity index (χ2n) is 4.41. The van der Waals surface area contributed by atoms with E-state index >= 15 is 0 Å². The first kappa shape index (κ1) is 11.6. The van der Waals surface area contributed by atoms with Crippen molar-refractivity contribution in [1.82, 2.24) is 9.38 Å². The summed E-state index contributed by atoms with van der Waals surface area (Å²) in [6, 6.07) is 13.3. The van der Waals surface area contributed by atoms with Crippen molar-refractivity contribution in [3.05, 3.63) is 60.4 Å². The smallest absolute Gasteiger partial charge is 0.138 e. The quantitative estimate of drug-likeness (QED) is 0.751. The highest BCUT2D eigenvalue weighted by molar-refractivity contribution is 5.49. The van der Waals surface area contributed by atoms with Crippen molar-refractivity contribution >= 4 is 11.5 Å². The summed E-state index contributed by atoms with van der Waals surface area (Å²) in [4.78, 5) is 4.25. The van der Waals surface area contributed by atoms with Gasteiger partial charge in [0.05, 0.1) is 0 Å². The van der Waals surface area contributed by atoms with Crippen LogP contribution in [-0.4, -0.2) is 21.0 Å². The van der Waals surface area contributed by atoms with Crippen molar-refractivity contribution in [3.63, 3.8) is 0 Å². The molecule has 2 aromatic heterocycles. The number of phenolic OH excluding ortho intramolecular Hbond substituents is 1. The molecular weight excluding hydrogens is 238 g/mol. The van der Waals surface area contributed by atoms with Crippen LogP contribution < -0.4 is 5.32 Å². The topological polar surface area (TPSA) is 49.6 Å². The van der Waals surface area contributed by atoms with E-state index in [1.165, 1.54) is 5.56 Å². The molecule has 0 spiro atoms. The van der Waals surface area contributed by atoms with Crippen molar-refractivity contribution in [1.29, 1.82) is 0 Å². The zero-order valence-electron chi connectivity index (χ0n) is 10.5. The van der Waals surface area contributed by atoms with Gasteiger partial charge in [-0.1, -0.05) is 18.2 Å². The van der Waals surface area contributed by atoms with Crippen LogP contribution in [-0.2, 0) is 6.42 Å². The molecule has 0 aliphatic carbocycles. The van der Waals surface area contributed by atoms with Crippen LogP contribution in [0, 0.1) is 0 Å². The minimum absolute atomic E-state index is 0.305. The first-order valence-electron chi connectivity index (χ1n) is 6.27. The molecule has 2 N–H and O–H groups in total. The van der Waals surface area contributed by atoms with Gasteiger partial charge in [-0.25, -0.2) is 4.98 Å². The van der Waals surface area contributed by atoms with Gasteiger partial charge in [0, 0.05) is 18.9 Å². The van der Waals surface area contributed by atoms with Crippen molar-refractivity contribution in [3.8, 4) is 5.75 Å². The summed E-state index contributed by atoms with van der Waals surface area (Å²) in [7, 11) is 0. The van der Waals surface area contributed by atoms with Crippen molar-refractivity contribution < 1.29 is 5.11 Å². The lowest BCUT2D eigenvalue weighted by molar-refractivity contribution is 0.475. The number of benzene rings is 1. The SMILES string of the molecule is Oc1ccc(CCNc2cccc3nccn23)cc1. The molecule has 3 rings (SSSR count). The van der Waals surface area contributed by atoms with E-state index in [-0.39, 0.29) is 0 Å². The van der Waals surface area contributed by atoms with Gasteiger partial charge in [-0.3, -0.25) is 4.40 Å². The van der Waals surface area contributed by atoms with E-state index in [9.17, 15) is 5.11 Å². The van der Waals surface area contributed by atoms with Crippen LogP contribution in [0.5, 0.6) is 5.75 Å². The Morgan fingerprint density at radius 2 is 1.95 bits per heavy atom. The zero-order valence-corrected chi connectivity index (χ0v) is 10.5. The average molecular weight is 253 g/mol. The second kappa shape index (κ2) is 5.02. The molecule has 4 heteroatoms. The number of fused-ring (bicyclic) bond motifs is 1. The molecule has 0 aliphatic rings. The number of anilines is 1. The van der Waals surface area contributed by atoms with E-state index < -0.39 is 0 Å². The van der Waals surface area contributed by atoms with E-state index in [1.54, 1.807) is 18.3 Å². The highest BCUT2D eigenvalue weighted by Crippen LogP contribution is 2.12. The lowest BCUT2D eigenvalue weighted by Gasteiger charge is -2.08. The monoisotopic (exact) mass is 253 g/mol. The van der Waals surface area contributed by atoms with Crippen molar-refractivity contribution in [2.24, 2.45) is 0 Å². The molecule has 0 bridgehead atoms. The number of aromatic nitrogens is 2. The number of aromatic hydroxyl groups is 1. The Labute approximate surface area is 111 Å². The van der Waals surface area contributed by atoms with E-state index in [0.29, 0.717) is 5.75 Å². The van der Waals surface area contributed by atoms with E-state index in [2.05, 4.69) is 10.3 Å². The summed E-state index contributed by atoms with van der Waals surface area (Å²) in [6.07, 6.45) is 4.64. The predicted molar refractivity (Wildman–Crippen MR) is 75.5 cm³/mol. The number of hydrogen-bond donors (Lipinski definition) is 2. The van der Waals surface area contributed by atoms with E-state index in [1.807, 2.05) is 40.9 Å². The fourth-order valence-corrected chi connectivity index (χ4v) is 2.09. The molecule has 0 saturated carbocycles. The van der Waals surface area contributed by atoms with Crippen LogP contribution in [0.4, 0.5) is 5.82 Å². The standard InChI is InChI=1S/C15H15N3O/c19-13-6-4-12(5-7-13)8-9-16-14-2-1-3-15-17-10-11-18(14)15/h1-7,10-11,16,19H,8-9H2. The molecule has 2 heterocycles. The van der Waals surface area contributed by atoms with Gasteiger partial charge in [-0.2, -0.15) is 0 Å². The highest BCUT2D eigenvalue weighted by Gasteiger charge is 1.99. The first-order valence-corrected chi connectivity index (χ1v) is 6.27. The van der Waals surface area contributed by atoms with Crippen molar-refractivity contribution in [2.45, 2.75) is 6.42 Å². The Hall–Kier alpha value is -2.49. The maximum atomic E-state index is 9.23. The molecule has 4 nitrogen and oxygen atoms in total. The second-order valence-corrected chi connectivity index (χ2v) is 4.41. The minimum atomic E-state index is 0.305. The summed E-state index contributed by atoms with van der Waals surface area (Å²) in [5.41, 5.74) is 2.14. The molecule has 19 heavy (non-hydrogen) atoms. The van der Waals surface area contributed by atoms with Gasteiger partial charge in [0.2, 0.25) is 0 Å². The van der Waals surface area contributed by atoms with Gasteiger partial charge in [-0.15, -0.1) is 0 Å². The highest BCUT2D eigenvalue weighted by atomic mass is 16.3. The Morgan fingerprint density at radius 3 is 2.79 bits per heavy atom. The van der Waals surface area contributed by atoms with Gasteiger partial charge in [0.1, 0.15) is 17.2 Å². The lowest BCUT2D eigenvalue weighted by Crippen LogP contribution is -2.07. The van der Waals surface area contributed by atoms with Crippen LogP contribution in [0.3, 0.4) is 0 Å². The van der Waals surface area contributed by atoms with E-state index in [4.69, 9.17) is 0 Å². The Bertz CT molecular complexity index is 673. The molecule has 0 radical (unpaired) electrons.